The predicted octanol–water partition coefficient (Wildman–Crippen LogP) is 3.42. The number of hydrogen-bond acceptors (Lipinski definition) is 2. The van der Waals surface area contributed by atoms with Crippen molar-refractivity contribution in [1.82, 2.24) is 9.38 Å². The van der Waals surface area contributed by atoms with Gasteiger partial charge in [0.2, 0.25) is 0 Å². The van der Waals surface area contributed by atoms with Gasteiger partial charge in [0, 0.05) is 11.8 Å². The third-order valence-electron chi connectivity index (χ3n) is 3.65. The minimum absolute atomic E-state index is 0.0206. The molecule has 1 aromatic carbocycles. The first-order valence-corrected chi connectivity index (χ1v) is 6.76. The van der Waals surface area contributed by atoms with Gasteiger partial charge in [0.25, 0.3) is 0 Å². The Hall–Kier alpha value is -2.13. The summed E-state index contributed by atoms with van der Waals surface area (Å²) in [4.78, 5) is 4.69. The Kier molecular flexibility index (Phi) is 3.07. The maximum Gasteiger partial charge on any atom is 0.137 e. The van der Waals surface area contributed by atoms with E-state index in [1.54, 1.807) is 0 Å². The molecule has 1 N–H and O–H groups in total. The van der Waals surface area contributed by atoms with Gasteiger partial charge in [-0.2, -0.15) is 0 Å². The van der Waals surface area contributed by atoms with Gasteiger partial charge in [-0.15, -0.1) is 0 Å². The molecule has 0 aliphatic carbocycles. The van der Waals surface area contributed by atoms with Crippen molar-refractivity contribution in [1.29, 1.82) is 0 Å². The molecule has 0 bridgehead atoms. The number of aliphatic hydroxyl groups excluding tert-OH is 1. The Balaban J connectivity index is 2.30. The highest BCUT2D eigenvalue weighted by atomic mass is 16.3. The molecular weight excluding hydrogens is 248 g/mol. The first-order chi connectivity index (χ1) is 9.60. The van der Waals surface area contributed by atoms with Gasteiger partial charge in [0.1, 0.15) is 5.65 Å². The Morgan fingerprint density at radius 3 is 2.50 bits per heavy atom. The van der Waals surface area contributed by atoms with Crippen LogP contribution >= 0.6 is 0 Å². The Morgan fingerprint density at radius 2 is 1.80 bits per heavy atom. The zero-order valence-corrected chi connectivity index (χ0v) is 12.0. The van der Waals surface area contributed by atoms with E-state index in [2.05, 4.69) is 37.0 Å². The first kappa shape index (κ1) is 12.9. The van der Waals surface area contributed by atoms with Crippen LogP contribution in [-0.4, -0.2) is 14.5 Å². The average Bonchev–Trinajstić information content (AvgIpc) is 2.76. The largest absolute Gasteiger partial charge is 0.390 e. The molecule has 0 radical (unpaired) electrons. The number of rotatable bonds is 2. The number of aromatic nitrogens is 2. The van der Waals surface area contributed by atoms with Crippen LogP contribution in [-0.2, 0) is 6.61 Å². The number of benzene rings is 1. The van der Waals surface area contributed by atoms with Gasteiger partial charge in [-0.1, -0.05) is 29.8 Å². The fourth-order valence-corrected chi connectivity index (χ4v) is 2.65. The molecule has 3 nitrogen and oxygen atoms in total. The Morgan fingerprint density at radius 1 is 1.05 bits per heavy atom. The lowest BCUT2D eigenvalue weighted by Gasteiger charge is -2.06. The molecule has 0 aliphatic rings. The van der Waals surface area contributed by atoms with Crippen LogP contribution in [0.2, 0.25) is 0 Å². The van der Waals surface area contributed by atoms with Crippen LogP contribution in [0, 0.1) is 20.8 Å². The number of imidazole rings is 1. The molecule has 3 aromatic rings. The maximum absolute atomic E-state index is 9.74. The van der Waals surface area contributed by atoms with Crippen molar-refractivity contribution in [3.63, 3.8) is 0 Å². The van der Waals surface area contributed by atoms with Gasteiger partial charge in [-0.3, -0.25) is 0 Å². The molecule has 3 rings (SSSR count). The smallest absolute Gasteiger partial charge is 0.137 e. The molecule has 0 amide bonds. The second-order valence-corrected chi connectivity index (χ2v) is 5.32. The highest BCUT2D eigenvalue weighted by Crippen LogP contribution is 2.28. The molecule has 0 saturated heterocycles. The van der Waals surface area contributed by atoms with E-state index >= 15 is 0 Å². The van der Waals surface area contributed by atoms with Gasteiger partial charge < -0.3 is 9.51 Å². The second-order valence-electron chi connectivity index (χ2n) is 5.32. The summed E-state index contributed by atoms with van der Waals surface area (Å²) in [5.41, 5.74) is 7.23. The lowest BCUT2D eigenvalue weighted by atomic mass is 10.0. The normalized spacial score (nSPS) is 11.2. The van der Waals surface area contributed by atoms with Gasteiger partial charge in [-0.25, -0.2) is 4.98 Å². The van der Waals surface area contributed by atoms with Crippen LogP contribution < -0.4 is 0 Å². The molecule has 0 saturated carbocycles. The zero-order chi connectivity index (χ0) is 14.3. The third kappa shape index (κ3) is 2.00. The molecule has 20 heavy (non-hydrogen) atoms. The summed E-state index contributed by atoms with van der Waals surface area (Å²) in [6, 6.07) is 10.3. The van der Waals surface area contributed by atoms with Crippen LogP contribution in [0.1, 0.15) is 22.4 Å². The summed E-state index contributed by atoms with van der Waals surface area (Å²) in [7, 11) is 0. The van der Waals surface area contributed by atoms with E-state index in [1.807, 2.05) is 29.7 Å². The summed E-state index contributed by atoms with van der Waals surface area (Å²) < 4.78 is 1.98. The lowest BCUT2D eigenvalue weighted by Crippen LogP contribution is -1.95. The van der Waals surface area contributed by atoms with Crippen molar-refractivity contribution in [3.05, 3.63) is 58.9 Å². The Labute approximate surface area is 118 Å². The summed E-state index contributed by atoms with van der Waals surface area (Å²) in [6.45, 7) is 6.18. The van der Waals surface area contributed by atoms with Gasteiger partial charge in [0.05, 0.1) is 18.0 Å². The van der Waals surface area contributed by atoms with E-state index in [1.165, 1.54) is 11.1 Å². The molecule has 0 aliphatic heterocycles. The van der Waals surface area contributed by atoms with Gasteiger partial charge in [0.15, 0.2) is 0 Å². The molecule has 2 aromatic heterocycles. The summed E-state index contributed by atoms with van der Waals surface area (Å²) >= 11 is 0. The molecule has 0 fully saturated rings. The fourth-order valence-electron chi connectivity index (χ4n) is 2.65. The monoisotopic (exact) mass is 266 g/mol. The minimum Gasteiger partial charge on any atom is -0.390 e. The van der Waals surface area contributed by atoms with Crippen molar-refractivity contribution in [2.24, 2.45) is 0 Å². The molecule has 2 heterocycles. The third-order valence-corrected chi connectivity index (χ3v) is 3.65. The molecular formula is C17H18N2O. The quantitative estimate of drug-likeness (QED) is 0.771. The van der Waals surface area contributed by atoms with E-state index in [-0.39, 0.29) is 6.61 Å². The van der Waals surface area contributed by atoms with Crippen LogP contribution in [0.25, 0.3) is 16.9 Å². The summed E-state index contributed by atoms with van der Waals surface area (Å²) in [5.74, 6) is 0. The topological polar surface area (TPSA) is 37.5 Å². The number of pyridine rings is 1. The lowest BCUT2D eigenvalue weighted by molar-refractivity contribution is 0.276. The van der Waals surface area contributed by atoms with Crippen molar-refractivity contribution in [2.75, 3.05) is 0 Å². The predicted molar refractivity (Wildman–Crippen MR) is 80.8 cm³/mol. The highest BCUT2D eigenvalue weighted by molar-refractivity contribution is 5.70. The number of fused-ring (bicyclic) bond motifs is 1. The maximum atomic E-state index is 9.74. The molecule has 3 heteroatoms. The molecule has 102 valence electrons. The molecule has 0 atom stereocenters. The first-order valence-electron chi connectivity index (χ1n) is 6.76. The molecule has 0 spiro atoms. The summed E-state index contributed by atoms with van der Waals surface area (Å²) in [6.07, 6.45) is 2.01. The van der Waals surface area contributed by atoms with E-state index in [9.17, 15) is 5.11 Å². The average molecular weight is 266 g/mol. The second kappa shape index (κ2) is 4.76. The molecule has 0 unspecified atom stereocenters. The number of hydrogen-bond donors (Lipinski definition) is 1. The fraction of sp³-hybridized carbons (Fsp3) is 0.235. The van der Waals surface area contributed by atoms with Crippen LogP contribution in [0.5, 0.6) is 0 Å². The van der Waals surface area contributed by atoms with Crippen molar-refractivity contribution < 1.29 is 5.11 Å². The number of aliphatic hydroxyl groups is 1. The summed E-state index contributed by atoms with van der Waals surface area (Å²) in [5, 5.41) is 9.74. The SMILES string of the molecule is Cc1ccc(-c2nc3ccc(C)cn3c2CO)c(C)c1. The van der Waals surface area contributed by atoms with E-state index in [4.69, 9.17) is 0 Å². The zero-order valence-electron chi connectivity index (χ0n) is 12.0. The van der Waals surface area contributed by atoms with Gasteiger partial charge in [-0.05, 0) is 38.0 Å². The van der Waals surface area contributed by atoms with Crippen molar-refractivity contribution in [3.8, 4) is 11.3 Å². The van der Waals surface area contributed by atoms with Crippen molar-refractivity contribution in [2.45, 2.75) is 27.4 Å². The Bertz CT molecular complexity index is 787. The van der Waals surface area contributed by atoms with Crippen LogP contribution in [0.15, 0.2) is 36.5 Å². The van der Waals surface area contributed by atoms with Crippen molar-refractivity contribution >= 4 is 5.65 Å². The van der Waals surface area contributed by atoms with E-state index in [0.29, 0.717) is 0 Å². The number of aryl methyl sites for hydroxylation is 3. The van der Waals surface area contributed by atoms with Crippen LogP contribution in [0.4, 0.5) is 0 Å². The van der Waals surface area contributed by atoms with Crippen LogP contribution in [0.3, 0.4) is 0 Å². The van der Waals surface area contributed by atoms with E-state index in [0.717, 1.165) is 28.2 Å². The standard InChI is InChI=1S/C17H18N2O/c1-11-4-6-14(13(3)8-11)17-15(10-20)19-9-12(2)5-7-16(19)18-17/h4-9,20H,10H2,1-3H3. The van der Waals surface area contributed by atoms with E-state index < -0.39 is 0 Å². The van der Waals surface area contributed by atoms with Gasteiger partial charge >= 0.3 is 0 Å². The number of nitrogens with zero attached hydrogens (tertiary/aromatic N) is 2. The highest BCUT2D eigenvalue weighted by Gasteiger charge is 2.14. The minimum atomic E-state index is -0.0206.